The standard InChI is InChI=1S/C16H20N2O4/c1-18(2)11-13(16(20)22-4)17-15(19)10-9-12-7-5-6-8-14(12)21-3/h5-11H,1-4H3,(H,17,19)/b10-9+,13-11-. The summed E-state index contributed by atoms with van der Waals surface area (Å²) in [6, 6.07) is 7.29. The van der Waals surface area contributed by atoms with Crippen molar-refractivity contribution in [1.82, 2.24) is 10.2 Å². The van der Waals surface area contributed by atoms with Crippen LogP contribution in [0.2, 0.25) is 0 Å². The van der Waals surface area contributed by atoms with Crippen molar-refractivity contribution in [3.8, 4) is 5.75 Å². The van der Waals surface area contributed by atoms with Gasteiger partial charge in [-0.3, -0.25) is 4.79 Å². The lowest BCUT2D eigenvalue weighted by Crippen LogP contribution is -2.28. The number of nitrogens with zero attached hydrogens (tertiary/aromatic N) is 1. The molecule has 0 aliphatic heterocycles. The number of esters is 1. The predicted octanol–water partition coefficient (Wildman–Crippen LogP) is 1.40. The smallest absolute Gasteiger partial charge is 0.356 e. The van der Waals surface area contributed by atoms with Crippen LogP contribution in [0.25, 0.3) is 6.08 Å². The Kier molecular flexibility index (Phi) is 6.69. The number of nitrogens with one attached hydrogen (secondary N) is 1. The highest BCUT2D eigenvalue weighted by molar-refractivity contribution is 5.99. The first-order valence-corrected chi connectivity index (χ1v) is 6.56. The van der Waals surface area contributed by atoms with Crippen LogP contribution < -0.4 is 10.1 Å². The molecule has 1 amide bonds. The van der Waals surface area contributed by atoms with Gasteiger partial charge in [0.2, 0.25) is 5.91 Å². The Labute approximate surface area is 130 Å². The van der Waals surface area contributed by atoms with Crippen LogP contribution in [0.15, 0.2) is 42.2 Å². The van der Waals surface area contributed by atoms with Crippen molar-refractivity contribution in [3.05, 3.63) is 47.8 Å². The normalized spacial score (nSPS) is 11.2. The number of hydrogen-bond donors (Lipinski definition) is 1. The summed E-state index contributed by atoms with van der Waals surface area (Å²) in [5.74, 6) is -0.402. The molecule has 0 aliphatic rings. The molecule has 0 fully saturated rings. The molecule has 6 heteroatoms. The third-order valence-electron chi connectivity index (χ3n) is 2.60. The molecule has 0 unspecified atom stereocenters. The summed E-state index contributed by atoms with van der Waals surface area (Å²) < 4.78 is 9.81. The summed E-state index contributed by atoms with van der Waals surface area (Å²) in [6.07, 6.45) is 4.41. The predicted molar refractivity (Wildman–Crippen MR) is 84.0 cm³/mol. The van der Waals surface area contributed by atoms with Crippen molar-refractivity contribution in [2.24, 2.45) is 0 Å². The summed E-state index contributed by atoms with van der Waals surface area (Å²) in [6.45, 7) is 0. The maximum atomic E-state index is 11.9. The first-order valence-electron chi connectivity index (χ1n) is 6.56. The van der Waals surface area contributed by atoms with Crippen molar-refractivity contribution < 1.29 is 19.1 Å². The first kappa shape index (κ1) is 17.3. The van der Waals surface area contributed by atoms with Gasteiger partial charge < -0.3 is 19.7 Å². The Morgan fingerprint density at radius 2 is 1.86 bits per heavy atom. The van der Waals surface area contributed by atoms with E-state index < -0.39 is 11.9 Å². The van der Waals surface area contributed by atoms with Gasteiger partial charge in [0.25, 0.3) is 0 Å². The molecule has 0 heterocycles. The summed E-state index contributed by atoms with van der Waals surface area (Å²) in [5, 5.41) is 2.49. The molecule has 0 bridgehead atoms. The number of rotatable bonds is 6. The van der Waals surface area contributed by atoms with Crippen LogP contribution in [0.1, 0.15) is 5.56 Å². The molecule has 0 saturated carbocycles. The van der Waals surface area contributed by atoms with Crippen LogP contribution in [0, 0.1) is 0 Å². The van der Waals surface area contributed by atoms with Gasteiger partial charge in [-0.15, -0.1) is 0 Å². The van der Waals surface area contributed by atoms with Crippen molar-refractivity contribution in [1.29, 1.82) is 0 Å². The van der Waals surface area contributed by atoms with Gasteiger partial charge in [-0.25, -0.2) is 4.79 Å². The van der Waals surface area contributed by atoms with Crippen molar-refractivity contribution in [2.45, 2.75) is 0 Å². The summed E-state index contributed by atoms with van der Waals surface area (Å²) in [7, 11) is 6.28. The zero-order valence-electron chi connectivity index (χ0n) is 13.1. The van der Waals surface area contributed by atoms with Gasteiger partial charge >= 0.3 is 5.97 Å². The Morgan fingerprint density at radius 3 is 2.45 bits per heavy atom. The van der Waals surface area contributed by atoms with Crippen LogP contribution in [0.5, 0.6) is 5.75 Å². The molecule has 118 valence electrons. The SMILES string of the molecule is COC(=O)/C(=C/N(C)C)NC(=O)/C=C/c1ccccc1OC. The molecule has 1 aromatic rings. The Bertz CT molecular complexity index is 592. The van der Waals surface area contributed by atoms with E-state index in [1.807, 2.05) is 18.2 Å². The molecule has 0 spiro atoms. The molecule has 1 aromatic carbocycles. The molecule has 0 atom stereocenters. The van der Waals surface area contributed by atoms with E-state index in [0.29, 0.717) is 5.75 Å². The second kappa shape index (κ2) is 8.51. The number of benzene rings is 1. The van der Waals surface area contributed by atoms with Crippen molar-refractivity contribution >= 4 is 18.0 Å². The lowest BCUT2D eigenvalue weighted by atomic mass is 10.2. The highest BCUT2D eigenvalue weighted by Crippen LogP contribution is 2.18. The number of carbonyl (C=O) groups excluding carboxylic acids is 2. The topological polar surface area (TPSA) is 67.9 Å². The molecular formula is C16H20N2O4. The monoisotopic (exact) mass is 304 g/mol. The van der Waals surface area contributed by atoms with E-state index in [1.54, 1.807) is 38.2 Å². The summed E-state index contributed by atoms with van der Waals surface area (Å²) in [4.78, 5) is 25.1. The first-order chi connectivity index (χ1) is 10.5. The second-order valence-electron chi connectivity index (χ2n) is 4.56. The minimum atomic E-state index is -0.618. The van der Waals surface area contributed by atoms with Crippen molar-refractivity contribution in [2.75, 3.05) is 28.3 Å². The maximum absolute atomic E-state index is 11.9. The van der Waals surface area contributed by atoms with E-state index in [1.165, 1.54) is 19.4 Å². The molecule has 0 radical (unpaired) electrons. The van der Waals surface area contributed by atoms with Gasteiger partial charge in [-0.1, -0.05) is 18.2 Å². The number of hydrogen-bond acceptors (Lipinski definition) is 5. The number of ether oxygens (including phenoxy) is 2. The van der Waals surface area contributed by atoms with Crippen LogP contribution in [0.4, 0.5) is 0 Å². The fraction of sp³-hybridized carbons (Fsp3) is 0.250. The molecule has 6 nitrogen and oxygen atoms in total. The summed E-state index contributed by atoms with van der Waals surface area (Å²) >= 11 is 0. The van der Waals surface area contributed by atoms with Gasteiger partial charge in [0, 0.05) is 31.9 Å². The second-order valence-corrected chi connectivity index (χ2v) is 4.56. The van der Waals surface area contributed by atoms with E-state index in [2.05, 4.69) is 10.1 Å². The van der Waals surface area contributed by atoms with Gasteiger partial charge in [0.05, 0.1) is 14.2 Å². The van der Waals surface area contributed by atoms with E-state index in [0.717, 1.165) is 5.56 Å². The van der Waals surface area contributed by atoms with Crippen molar-refractivity contribution in [3.63, 3.8) is 0 Å². The number of para-hydroxylation sites is 1. The van der Waals surface area contributed by atoms with Crippen LogP contribution in [-0.4, -0.2) is 45.1 Å². The Balaban J connectivity index is 2.83. The zero-order valence-corrected chi connectivity index (χ0v) is 13.1. The highest BCUT2D eigenvalue weighted by Gasteiger charge is 2.12. The minimum absolute atomic E-state index is 0.0576. The fourth-order valence-electron chi connectivity index (χ4n) is 1.65. The third-order valence-corrected chi connectivity index (χ3v) is 2.60. The quantitative estimate of drug-likeness (QED) is 0.635. The average Bonchev–Trinajstić information content (AvgIpc) is 2.51. The molecule has 0 aromatic heterocycles. The molecule has 0 saturated heterocycles. The number of carbonyl (C=O) groups is 2. The van der Waals surface area contributed by atoms with E-state index >= 15 is 0 Å². The van der Waals surface area contributed by atoms with E-state index in [-0.39, 0.29) is 5.70 Å². The van der Waals surface area contributed by atoms with E-state index in [9.17, 15) is 9.59 Å². The summed E-state index contributed by atoms with van der Waals surface area (Å²) in [5.41, 5.74) is 0.818. The third kappa shape index (κ3) is 5.32. The Morgan fingerprint density at radius 1 is 1.18 bits per heavy atom. The lowest BCUT2D eigenvalue weighted by Gasteiger charge is -2.10. The fourth-order valence-corrected chi connectivity index (χ4v) is 1.65. The molecule has 22 heavy (non-hydrogen) atoms. The molecular weight excluding hydrogens is 284 g/mol. The van der Waals surface area contributed by atoms with Gasteiger partial charge in [0.15, 0.2) is 0 Å². The van der Waals surface area contributed by atoms with Crippen LogP contribution in [-0.2, 0) is 14.3 Å². The average molecular weight is 304 g/mol. The highest BCUT2D eigenvalue weighted by atomic mass is 16.5. The van der Waals surface area contributed by atoms with Gasteiger partial charge in [-0.2, -0.15) is 0 Å². The van der Waals surface area contributed by atoms with Gasteiger partial charge in [0.1, 0.15) is 11.4 Å². The zero-order chi connectivity index (χ0) is 16.5. The number of methoxy groups -OCH3 is 2. The molecule has 0 aliphatic carbocycles. The maximum Gasteiger partial charge on any atom is 0.356 e. The van der Waals surface area contributed by atoms with E-state index in [4.69, 9.17) is 4.74 Å². The van der Waals surface area contributed by atoms with Gasteiger partial charge in [-0.05, 0) is 12.1 Å². The molecule has 1 N–H and O–H groups in total. The van der Waals surface area contributed by atoms with Crippen LogP contribution in [0.3, 0.4) is 0 Å². The minimum Gasteiger partial charge on any atom is -0.496 e. The van der Waals surface area contributed by atoms with Crippen LogP contribution >= 0.6 is 0 Å². The largest absolute Gasteiger partial charge is 0.496 e. The Hall–Kier alpha value is -2.76. The molecule has 1 rings (SSSR count). The number of amides is 1. The lowest BCUT2D eigenvalue weighted by molar-refractivity contribution is -0.137.